The summed E-state index contributed by atoms with van der Waals surface area (Å²) >= 11 is 1.68. The van der Waals surface area contributed by atoms with Crippen LogP contribution in [-0.2, 0) is 12.8 Å². The molecule has 0 aliphatic carbocycles. The van der Waals surface area contributed by atoms with Gasteiger partial charge < -0.3 is 11.1 Å². The number of benzene rings is 1. The SMILES string of the molecule is CCc1cccc(CC)c1NC(N)=NCC(C)c1nc(C)cs1. The number of hydrogen-bond donors (Lipinski definition) is 2. The lowest BCUT2D eigenvalue weighted by Crippen LogP contribution is -2.25. The van der Waals surface area contributed by atoms with Gasteiger partial charge in [-0.3, -0.25) is 4.99 Å². The maximum atomic E-state index is 6.11. The molecule has 0 fully saturated rings. The van der Waals surface area contributed by atoms with E-state index >= 15 is 0 Å². The number of aromatic nitrogens is 1. The molecule has 0 amide bonds. The molecule has 0 aliphatic rings. The van der Waals surface area contributed by atoms with Crippen LogP contribution >= 0.6 is 11.3 Å². The molecule has 1 unspecified atom stereocenters. The molecule has 1 aromatic heterocycles. The van der Waals surface area contributed by atoms with Gasteiger partial charge in [0.2, 0.25) is 0 Å². The number of aliphatic imine (C=N–C) groups is 1. The van der Waals surface area contributed by atoms with Crippen molar-refractivity contribution in [2.75, 3.05) is 11.9 Å². The Balaban J connectivity index is 2.08. The summed E-state index contributed by atoms with van der Waals surface area (Å²) < 4.78 is 0. The first kappa shape index (κ1) is 17.5. The van der Waals surface area contributed by atoms with Crippen molar-refractivity contribution in [2.45, 2.75) is 46.5 Å². The first-order chi connectivity index (χ1) is 11.0. The Morgan fingerprint density at radius 1 is 1.30 bits per heavy atom. The van der Waals surface area contributed by atoms with Gasteiger partial charge in [0.1, 0.15) is 0 Å². The third kappa shape index (κ3) is 4.55. The molecule has 0 saturated heterocycles. The number of nitrogens with two attached hydrogens (primary N) is 1. The van der Waals surface area contributed by atoms with Gasteiger partial charge in [-0.15, -0.1) is 11.3 Å². The van der Waals surface area contributed by atoms with E-state index in [0.717, 1.165) is 29.2 Å². The van der Waals surface area contributed by atoms with Crippen molar-refractivity contribution in [3.63, 3.8) is 0 Å². The number of anilines is 1. The summed E-state index contributed by atoms with van der Waals surface area (Å²) in [5, 5.41) is 6.49. The largest absolute Gasteiger partial charge is 0.370 e. The van der Waals surface area contributed by atoms with Crippen LogP contribution in [0.3, 0.4) is 0 Å². The number of thiazole rings is 1. The van der Waals surface area contributed by atoms with Crippen molar-refractivity contribution in [1.29, 1.82) is 0 Å². The summed E-state index contributed by atoms with van der Waals surface area (Å²) in [6, 6.07) is 6.37. The average molecular weight is 331 g/mol. The maximum absolute atomic E-state index is 6.11. The monoisotopic (exact) mass is 330 g/mol. The highest BCUT2D eigenvalue weighted by atomic mass is 32.1. The number of guanidine groups is 1. The van der Waals surface area contributed by atoms with E-state index < -0.39 is 0 Å². The number of rotatable bonds is 6. The van der Waals surface area contributed by atoms with Gasteiger partial charge in [0.15, 0.2) is 5.96 Å². The zero-order valence-corrected chi connectivity index (χ0v) is 15.2. The fraction of sp³-hybridized carbons (Fsp3) is 0.444. The lowest BCUT2D eigenvalue weighted by Gasteiger charge is -2.15. The molecule has 0 bridgehead atoms. The summed E-state index contributed by atoms with van der Waals surface area (Å²) in [5.41, 5.74) is 10.8. The molecule has 2 aromatic rings. The molecule has 0 saturated carbocycles. The lowest BCUT2D eigenvalue weighted by molar-refractivity contribution is 0.763. The van der Waals surface area contributed by atoms with Crippen LogP contribution in [0.15, 0.2) is 28.6 Å². The Kier molecular flexibility index (Phi) is 6.16. The molecule has 1 aromatic carbocycles. The molecule has 2 rings (SSSR count). The van der Waals surface area contributed by atoms with Gasteiger partial charge in [0, 0.05) is 22.7 Å². The quantitative estimate of drug-likeness (QED) is 0.619. The van der Waals surface area contributed by atoms with Crippen molar-refractivity contribution in [1.82, 2.24) is 4.98 Å². The van der Waals surface area contributed by atoms with Crippen LogP contribution in [0.2, 0.25) is 0 Å². The lowest BCUT2D eigenvalue weighted by atomic mass is 10.0. The van der Waals surface area contributed by atoms with Gasteiger partial charge in [0.05, 0.1) is 11.6 Å². The number of para-hydroxylation sites is 1. The van der Waals surface area contributed by atoms with Crippen LogP contribution in [0.25, 0.3) is 0 Å². The van der Waals surface area contributed by atoms with Crippen LogP contribution in [0.5, 0.6) is 0 Å². The second-order valence-electron chi connectivity index (χ2n) is 5.74. The van der Waals surface area contributed by atoms with Crippen LogP contribution in [0.1, 0.15) is 48.5 Å². The minimum Gasteiger partial charge on any atom is -0.370 e. The third-order valence-electron chi connectivity index (χ3n) is 3.85. The predicted octanol–water partition coefficient (Wildman–Crippen LogP) is 4.11. The third-order valence-corrected chi connectivity index (χ3v) is 5.04. The van der Waals surface area contributed by atoms with Gasteiger partial charge >= 0.3 is 0 Å². The van der Waals surface area contributed by atoms with E-state index in [-0.39, 0.29) is 5.92 Å². The average Bonchev–Trinajstić information content (AvgIpc) is 2.99. The smallest absolute Gasteiger partial charge is 0.193 e. The van der Waals surface area contributed by atoms with E-state index in [0.29, 0.717) is 12.5 Å². The van der Waals surface area contributed by atoms with Gasteiger partial charge in [-0.2, -0.15) is 0 Å². The maximum Gasteiger partial charge on any atom is 0.193 e. The molecule has 0 radical (unpaired) electrons. The molecule has 124 valence electrons. The van der Waals surface area contributed by atoms with Crippen LogP contribution < -0.4 is 11.1 Å². The van der Waals surface area contributed by atoms with Gasteiger partial charge in [0.25, 0.3) is 0 Å². The van der Waals surface area contributed by atoms with Crippen molar-refractivity contribution in [2.24, 2.45) is 10.7 Å². The fourth-order valence-electron chi connectivity index (χ4n) is 2.48. The zero-order chi connectivity index (χ0) is 16.8. The molecular weight excluding hydrogens is 304 g/mol. The van der Waals surface area contributed by atoms with E-state index in [2.05, 4.69) is 59.6 Å². The summed E-state index contributed by atoms with van der Waals surface area (Å²) in [4.78, 5) is 9.02. The number of nitrogens with one attached hydrogen (secondary N) is 1. The molecule has 4 nitrogen and oxygen atoms in total. The highest BCUT2D eigenvalue weighted by Gasteiger charge is 2.10. The highest BCUT2D eigenvalue weighted by molar-refractivity contribution is 7.09. The highest BCUT2D eigenvalue weighted by Crippen LogP contribution is 2.23. The Morgan fingerprint density at radius 2 is 1.96 bits per heavy atom. The van der Waals surface area contributed by atoms with Crippen LogP contribution in [0.4, 0.5) is 5.69 Å². The summed E-state index contributed by atoms with van der Waals surface area (Å²) in [5.74, 6) is 0.752. The number of aryl methyl sites for hydroxylation is 3. The van der Waals surface area contributed by atoms with E-state index in [1.54, 1.807) is 11.3 Å². The first-order valence-corrected chi connectivity index (χ1v) is 9.02. The zero-order valence-electron chi connectivity index (χ0n) is 14.4. The Bertz CT molecular complexity index is 653. The summed E-state index contributed by atoms with van der Waals surface area (Å²) in [6.07, 6.45) is 1.94. The van der Waals surface area contributed by atoms with Crippen molar-refractivity contribution in [3.05, 3.63) is 45.4 Å². The molecule has 1 heterocycles. The van der Waals surface area contributed by atoms with Crippen molar-refractivity contribution >= 4 is 23.0 Å². The molecule has 3 N–H and O–H groups in total. The van der Waals surface area contributed by atoms with Crippen molar-refractivity contribution in [3.8, 4) is 0 Å². The van der Waals surface area contributed by atoms with E-state index in [1.165, 1.54) is 11.1 Å². The number of hydrogen-bond acceptors (Lipinski definition) is 3. The van der Waals surface area contributed by atoms with Crippen molar-refractivity contribution < 1.29 is 0 Å². The Labute approximate surface area is 142 Å². The summed E-state index contributed by atoms with van der Waals surface area (Å²) in [7, 11) is 0. The summed E-state index contributed by atoms with van der Waals surface area (Å²) in [6.45, 7) is 9.09. The van der Waals surface area contributed by atoms with E-state index in [1.807, 2.05) is 6.92 Å². The first-order valence-electron chi connectivity index (χ1n) is 8.14. The van der Waals surface area contributed by atoms with Gasteiger partial charge in [-0.05, 0) is 30.9 Å². The minimum absolute atomic E-state index is 0.279. The van der Waals surface area contributed by atoms with Crippen LogP contribution in [0, 0.1) is 6.92 Å². The topological polar surface area (TPSA) is 63.3 Å². The Morgan fingerprint density at radius 3 is 2.48 bits per heavy atom. The van der Waals surface area contributed by atoms with Gasteiger partial charge in [-0.1, -0.05) is 39.0 Å². The fourth-order valence-corrected chi connectivity index (χ4v) is 3.33. The van der Waals surface area contributed by atoms with E-state index in [4.69, 9.17) is 5.73 Å². The molecule has 23 heavy (non-hydrogen) atoms. The Hall–Kier alpha value is -1.88. The second-order valence-corrected chi connectivity index (χ2v) is 6.63. The predicted molar refractivity (Wildman–Crippen MR) is 101 cm³/mol. The molecule has 0 aliphatic heterocycles. The molecule has 1 atom stereocenters. The van der Waals surface area contributed by atoms with Gasteiger partial charge in [-0.25, -0.2) is 4.98 Å². The standard InChI is InChI=1S/C18H26N4S/c1-5-14-8-7-9-15(6-2)16(14)22-18(19)20-10-12(3)17-21-13(4)11-23-17/h7-9,11-12H,5-6,10H2,1-4H3,(H3,19,20,22). The van der Waals surface area contributed by atoms with Crippen LogP contribution in [-0.4, -0.2) is 17.5 Å². The second kappa shape index (κ2) is 8.11. The minimum atomic E-state index is 0.279. The molecular formula is C18H26N4S. The normalized spacial score (nSPS) is 13.1. The number of nitrogens with zero attached hydrogens (tertiary/aromatic N) is 2. The van der Waals surface area contributed by atoms with E-state index in [9.17, 15) is 0 Å². The molecule has 5 heteroatoms. The molecule has 0 spiro atoms.